The number of benzene rings is 2. The Morgan fingerprint density at radius 1 is 1.12 bits per heavy atom. The number of hydrogen-bond acceptors (Lipinski definition) is 6. The monoisotopic (exact) mass is 446 g/mol. The number of nitrogens with one attached hydrogen (secondary N) is 1. The second kappa shape index (κ2) is 10.2. The van der Waals surface area contributed by atoms with Gasteiger partial charge < -0.3 is 9.47 Å². The van der Waals surface area contributed by atoms with Crippen LogP contribution >= 0.6 is 0 Å². The molecule has 0 fully saturated rings. The maximum Gasteiger partial charge on any atom is 0.280 e. The van der Waals surface area contributed by atoms with Crippen molar-refractivity contribution in [2.24, 2.45) is 0 Å². The van der Waals surface area contributed by atoms with Crippen LogP contribution in [0.5, 0.6) is 11.5 Å². The van der Waals surface area contributed by atoms with E-state index in [1.807, 2.05) is 32.0 Å². The molecule has 0 spiro atoms. The molecule has 9 heteroatoms. The van der Waals surface area contributed by atoms with Crippen LogP contribution in [0.3, 0.4) is 0 Å². The SMILES string of the molecule is COc1cc(/C=C(/C#N)C(=O)Nn2c(C)ccc2C)ccc1OCc1ccc([N+](=O)[O-])cc1. The fraction of sp³-hybridized carbons (Fsp3) is 0.167. The first kappa shape index (κ1) is 23.1. The lowest BCUT2D eigenvalue weighted by Crippen LogP contribution is -2.25. The summed E-state index contributed by atoms with van der Waals surface area (Å²) in [6, 6.07) is 16.7. The number of rotatable bonds is 8. The van der Waals surface area contributed by atoms with E-state index in [2.05, 4.69) is 5.43 Å². The van der Waals surface area contributed by atoms with Gasteiger partial charge in [-0.25, -0.2) is 0 Å². The largest absolute Gasteiger partial charge is 0.493 e. The van der Waals surface area contributed by atoms with Gasteiger partial charge in [-0.05, 0) is 67.4 Å². The predicted molar refractivity (Wildman–Crippen MR) is 122 cm³/mol. The van der Waals surface area contributed by atoms with Gasteiger partial charge in [-0.3, -0.25) is 25.0 Å². The number of methoxy groups -OCH3 is 1. The van der Waals surface area contributed by atoms with E-state index in [1.54, 1.807) is 35.0 Å². The van der Waals surface area contributed by atoms with Crippen molar-refractivity contribution in [2.75, 3.05) is 12.5 Å². The van der Waals surface area contributed by atoms with Crippen molar-refractivity contribution in [2.45, 2.75) is 20.5 Å². The maximum atomic E-state index is 12.6. The van der Waals surface area contributed by atoms with Gasteiger partial charge >= 0.3 is 0 Å². The first-order chi connectivity index (χ1) is 15.8. The Morgan fingerprint density at radius 2 is 1.79 bits per heavy atom. The zero-order valence-electron chi connectivity index (χ0n) is 18.4. The Kier molecular flexibility index (Phi) is 7.10. The quantitative estimate of drug-likeness (QED) is 0.239. The molecular formula is C24H22N4O5. The van der Waals surface area contributed by atoms with E-state index in [9.17, 15) is 20.2 Å². The second-order valence-electron chi connectivity index (χ2n) is 7.18. The number of carbonyl (C=O) groups is 1. The molecule has 0 atom stereocenters. The van der Waals surface area contributed by atoms with E-state index in [4.69, 9.17) is 9.47 Å². The summed E-state index contributed by atoms with van der Waals surface area (Å²) in [5.41, 5.74) is 5.67. The summed E-state index contributed by atoms with van der Waals surface area (Å²) in [4.78, 5) is 22.9. The lowest BCUT2D eigenvalue weighted by atomic mass is 10.1. The molecule has 1 aromatic heterocycles. The summed E-state index contributed by atoms with van der Waals surface area (Å²) < 4.78 is 12.8. The predicted octanol–water partition coefficient (Wildman–Crippen LogP) is 4.28. The van der Waals surface area contributed by atoms with Crippen LogP contribution in [0.15, 0.2) is 60.2 Å². The molecule has 0 bridgehead atoms. The number of non-ortho nitro benzene ring substituents is 1. The first-order valence-electron chi connectivity index (χ1n) is 9.94. The normalized spacial score (nSPS) is 10.9. The molecule has 3 rings (SSSR count). The average Bonchev–Trinajstić information content (AvgIpc) is 3.13. The molecule has 1 N–H and O–H groups in total. The van der Waals surface area contributed by atoms with Crippen LogP contribution in [0.4, 0.5) is 5.69 Å². The topological polar surface area (TPSA) is 119 Å². The van der Waals surface area contributed by atoms with E-state index in [0.29, 0.717) is 17.1 Å². The fourth-order valence-corrected chi connectivity index (χ4v) is 3.09. The lowest BCUT2D eigenvalue weighted by molar-refractivity contribution is -0.384. The van der Waals surface area contributed by atoms with Crippen molar-refractivity contribution in [3.8, 4) is 17.6 Å². The molecule has 0 unspecified atom stereocenters. The van der Waals surface area contributed by atoms with Crippen molar-refractivity contribution in [3.05, 3.63) is 92.8 Å². The standard InChI is InChI=1S/C24H22N4O5/c1-16-4-5-17(2)27(16)26-24(29)20(14-25)12-19-8-11-22(23(13-19)32-3)33-15-18-6-9-21(10-7-18)28(30)31/h4-13H,15H2,1-3H3,(H,26,29)/b20-12-. The molecule has 0 aliphatic heterocycles. The molecular weight excluding hydrogens is 424 g/mol. The molecule has 0 aliphatic carbocycles. The molecule has 9 nitrogen and oxygen atoms in total. The van der Waals surface area contributed by atoms with E-state index in [-0.39, 0.29) is 17.9 Å². The van der Waals surface area contributed by atoms with Gasteiger partial charge in [-0.1, -0.05) is 6.07 Å². The van der Waals surface area contributed by atoms with Crippen molar-refractivity contribution >= 4 is 17.7 Å². The Labute approximate surface area is 190 Å². The molecule has 0 radical (unpaired) electrons. The number of aryl methyl sites for hydroxylation is 2. The molecule has 1 amide bonds. The molecule has 1 heterocycles. The van der Waals surface area contributed by atoms with Crippen LogP contribution < -0.4 is 14.9 Å². The number of nitriles is 1. The number of nitro groups is 1. The Bertz CT molecular complexity index is 1230. The Hall–Kier alpha value is -4.58. The van der Waals surface area contributed by atoms with Crippen molar-refractivity contribution in [1.82, 2.24) is 4.68 Å². The van der Waals surface area contributed by atoms with E-state index in [1.165, 1.54) is 25.3 Å². The summed E-state index contributed by atoms with van der Waals surface area (Å²) in [5, 5.41) is 20.2. The fourth-order valence-electron chi connectivity index (χ4n) is 3.09. The van der Waals surface area contributed by atoms with Crippen LogP contribution in [0.25, 0.3) is 6.08 Å². The third-order valence-corrected chi connectivity index (χ3v) is 4.89. The number of hydrogen-bond donors (Lipinski definition) is 1. The summed E-state index contributed by atoms with van der Waals surface area (Å²) in [6.07, 6.45) is 1.46. The number of carbonyl (C=O) groups excluding carboxylic acids is 1. The van der Waals surface area contributed by atoms with Gasteiger partial charge in [-0.15, -0.1) is 0 Å². The highest BCUT2D eigenvalue weighted by Crippen LogP contribution is 2.30. The molecule has 2 aromatic carbocycles. The second-order valence-corrected chi connectivity index (χ2v) is 7.18. The zero-order chi connectivity index (χ0) is 24.0. The molecule has 0 aliphatic rings. The molecule has 168 valence electrons. The minimum absolute atomic E-state index is 0.00639. The number of nitro benzene ring substituents is 1. The molecule has 33 heavy (non-hydrogen) atoms. The summed E-state index contributed by atoms with van der Waals surface area (Å²) >= 11 is 0. The number of amides is 1. The van der Waals surface area contributed by atoms with Crippen LogP contribution in [-0.4, -0.2) is 22.6 Å². The third-order valence-electron chi connectivity index (χ3n) is 4.89. The first-order valence-corrected chi connectivity index (χ1v) is 9.94. The lowest BCUT2D eigenvalue weighted by Gasteiger charge is -2.12. The van der Waals surface area contributed by atoms with E-state index in [0.717, 1.165) is 17.0 Å². The van der Waals surface area contributed by atoms with E-state index < -0.39 is 10.8 Å². The zero-order valence-corrected chi connectivity index (χ0v) is 18.4. The number of ether oxygens (including phenoxy) is 2. The van der Waals surface area contributed by atoms with Gasteiger partial charge in [0.25, 0.3) is 11.6 Å². The summed E-state index contributed by atoms with van der Waals surface area (Å²) in [6.45, 7) is 3.89. The van der Waals surface area contributed by atoms with Crippen molar-refractivity contribution < 1.29 is 19.2 Å². The van der Waals surface area contributed by atoms with E-state index >= 15 is 0 Å². The highest BCUT2D eigenvalue weighted by atomic mass is 16.6. The average molecular weight is 446 g/mol. The van der Waals surface area contributed by atoms with Gasteiger partial charge in [0.2, 0.25) is 0 Å². The minimum atomic E-state index is -0.530. The van der Waals surface area contributed by atoms with Gasteiger partial charge in [0.05, 0.1) is 12.0 Å². The molecule has 3 aromatic rings. The van der Waals surface area contributed by atoms with Gasteiger partial charge in [-0.2, -0.15) is 5.26 Å². The number of aromatic nitrogens is 1. The van der Waals surface area contributed by atoms with Crippen molar-refractivity contribution in [1.29, 1.82) is 5.26 Å². The Balaban J connectivity index is 1.74. The number of nitrogens with zero attached hydrogens (tertiary/aromatic N) is 3. The van der Waals surface area contributed by atoms with Crippen LogP contribution in [0, 0.1) is 35.3 Å². The van der Waals surface area contributed by atoms with Gasteiger partial charge in [0.15, 0.2) is 11.5 Å². The molecule has 0 saturated heterocycles. The molecule has 0 saturated carbocycles. The van der Waals surface area contributed by atoms with Crippen LogP contribution in [0.2, 0.25) is 0 Å². The van der Waals surface area contributed by atoms with Gasteiger partial charge in [0.1, 0.15) is 18.2 Å². The maximum absolute atomic E-state index is 12.6. The van der Waals surface area contributed by atoms with Crippen molar-refractivity contribution in [3.63, 3.8) is 0 Å². The highest BCUT2D eigenvalue weighted by molar-refractivity contribution is 6.06. The van der Waals surface area contributed by atoms with Gasteiger partial charge in [0, 0.05) is 23.5 Å². The summed E-state index contributed by atoms with van der Waals surface area (Å²) in [7, 11) is 1.48. The highest BCUT2D eigenvalue weighted by Gasteiger charge is 2.13. The third kappa shape index (κ3) is 5.57. The minimum Gasteiger partial charge on any atom is -0.493 e. The Morgan fingerprint density at radius 3 is 2.36 bits per heavy atom. The summed E-state index contributed by atoms with van der Waals surface area (Å²) in [5.74, 6) is 0.340. The smallest absolute Gasteiger partial charge is 0.280 e. The van der Waals surface area contributed by atoms with Crippen LogP contribution in [-0.2, 0) is 11.4 Å². The van der Waals surface area contributed by atoms with Crippen LogP contribution in [0.1, 0.15) is 22.5 Å².